The Hall–Kier alpha value is -2.96. The van der Waals surface area contributed by atoms with Crippen LogP contribution in [-0.2, 0) is 15.6 Å². The zero-order valence-electron chi connectivity index (χ0n) is 15.6. The summed E-state index contributed by atoms with van der Waals surface area (Å²) in [6.07, 6.45) is 5.20. The summed E-state index contributed by atoms with van der Waals surface area (Å²) in [5.74, 6) is 0. The average molecular weight is 401 g/mol. The number of imidazole rings is 1. The maximum atomic E-state index is 13.2. The highest BCUT2D eigenvalue weighted by Gasteiger charge is 2.53. The minimum absolute atomic E-state index is 0.111. The number of fused-ring (bicyclic) bond motifs is 6. The first-order valence-electron chi connectivity index (χ1n) is 9.71. The van der Waals surface area contributed by atoms with Crippen LogP contribution in [0.1, 0.15) is 18.4 Å². The predicted molar refractivity (Wildman–Crippen MR) is 112 cm³/mol. The summed E-state index contributed by atoms with van der Waals surface area (Å²) in [5, 5.41) is 1.67. The molecule has 0 amide bonds. The lowest BCUT2D eigenvalue weighted by atomic mass is 9.69. The van der Waals surface area contributed by atoms with Gasteiger partial charge in [-0.1, -0.05) is 60.7 Å². The van der Waals surface area contributed by atoms with Gasteiger partial charge >= 0.3 is 0 Å². The molecule has 29 heavy (non-hydrogen) atoms. The van der Waals surface area contributed by atoms with Gasteiger partial charge in [-0.25, -0.2) is 18.1 Å². The first-order valence-corrected chi connectivity index (χ1v) is 11.2. The van der Waals surface area contributed by atoms with Crippen LogP contribution >= 0.6 is 0 Å². The Bertz CT molecular complexity index is 1360. The smallest absolute Gasteiger partial charge is 0.241 e. The molecule has 144 valence electrons. The average Bonchev–Trinajstić information content (AvgIpc) is 3.28. The number of sulfonamides is 1. The standard InChI is InChI=1S/C23H19N3O2S/c27-29(28,22-11-5-7-16-6-1-2-8-18(16)22)25-17-12-23(13-17)20-10-4-3-9-19(20)21-14-24-15-26(21)23/h1-11,14-15,17,25H,12-13H2. The van der Waals surface area contributed by atoms with E-state index in [1.54, 1.807) is 12.1 Å². The van der Waals surface area contributed by atoms with Crippen LogP contribution in [0.4, 0.5) is 0 Å². The summed E-state index contributed by atoms with van der Waals surface area (Å²) in [5.41, 5.74) is 3.36. The maximum Gasteiger partial charge on any atom is 0.241 e. The third-order valence-corrected chi connectivity index (χ3v) is 7.91. The fourth-order valence-corrected chi connectivity index (χ4v) is 6.51. The lowest BCUT2D eigenvalue weighted by molar-refractivity contribution is 0.161. The van der Waals surface area contributed by atoms with Crippen molar-refractivity contribution in [1.29, 1.82) is 0 Å². The highest BCUT2D eigenvalue weighted by molar-refractivity contribution is 7.89. The van der Waals surface area contributed by atoms with E-state index in [1.165, 1.54) is 11.1 Å². The molecule has 6 heteroatoms. The number of hydrogen-bond acceptors (Lipinski definition) is 3. The minimum Gasteiger partial charge on any atom is -0.320 e. The van der Waals surface area contributed by atoms with E-state index in [0.29, 0.717) is 4.90 Å². The van der Waals surface area contributed by atoms with Crippen molar-refractivity contribution >= 4 is 20.8 Å². The lowest BCUT2D eigenvalue weighted by Crippen LogP contribution is -2.55. The van der Waals surface area contributed by atoms with E-state index in [9.17, 15) is 8.42 Å². The highest BCUT2D eigenvalue weighted by Crippen LogP contribution is 2.54. The molecule has 1 aromatic heterocycles. The Labute approximate surface area is 169 Å². The van der Waals surface area contributed by atoms with Crippen LogP contribution in [0.15, 0.2) is 84.1 Å². The first kappa shape index (κ1) is 16.9. The number of nitrogens with zero attached hydrogens (tertiary/aromatic N) is 2. The molecule has 0 atom stereocenters. The van der Waals surface area contributed by atoms with Gasteiger partial charge in [-0.3, -0.25) is 0 Å². The quantitative estimate of drug-likeness (QED) is 0.566. The molecule has 1 spiro atoms. The molecular formula is C23H19N3O2S. The van der Waals surface area contributed by atoms with E-state index in [2.05, 4.69) is 26.4 Å². The Morgan fingerprint density at radius 1 is 0.966 bits per heavy atom. The van der Waals surface area contributed by atoms with Crippen molar-refractivity contribution in [2.45, 2.75) is 29.3 Å². The lowest BCUT2D eigenvalue weighted by Gasteiger charge is -2.47. The van der Waals surface area contributed by atoms with Gasteiger partial charge in [0.25, 0.3) is 0 Å². The number of hydrogen-bond donors (Lipinski definition) is 1. The van der Waals surface area contributed by atoms with Gasteiger partial charge in [0.1, 0.15) is 0 Å². The minimum atomic E-state index is -3.61. The Kier molecular flexibility index (Phi) is 3.38. The molecule has 1 aliphatic heterocycles. The monoisotopic (exact) mass is 401 g/mol. The van der Waals surface area contributed by atoms with Crippen LogP contribution in [-0.4, -0.2) is 24.0 Å². The summed E-state index contributed by atoms with van der Waals surface area (Å²) in [7, 11) is -3.61. The molecule has 1 N–H and O–H groups in total. The van der Waals surface area contributed by atoms with E-state index in [0.717, 1.165) is 29.3 Å². The first-order chi connectivity index (χ1) is 14.1. The molecule has 0 bridgehead atoms. The normalized spacial score (nSPS) is 22.4. The van der Waals surface area contributed by atoms with Gasteiger partial charge in [0.15, 0.2) is 0 Å². The Morgan fingerprint density at radius 2 is 1.72 bits per heavy atom. The molecule has 3 aromatic carbocycles. The number of rotatable bonds is 3. The van der Waals surface area contributed by atoms with Crippen LogP contribution < -0.4 is 4.72 Å². The van der Waals surface area contributed by atoms with Crippen LogP contribution in [0, 0.1) is 0 Å². The largest absolute Gasteiger partial charge is 0.320 e. The number of aromatic nitrogens is 2. The summed E-state index contributed by atoms with van der Waals surface area (Å²) >= 11 is 0. The van der Waals surface area contributed by atoms with Crippen molar-refractivity contribution in [3.05, 3.63) is 84.8 Å². The van der Waals surface area contributed by atoms with Gasteiger partial charge in [-0.05, 0) is 29.9 Å². The molecule has 2 aliphatic rings. The second-order valence-corrected chi connectivity index (χ2v) is 9.61. The second kappa shape index (κ2) is 5.78. The van der Waals surface area contributed by atoms with E-state index >= 15 is 0 Å². The van der Waals surface area contributed by atoms with E-state index < -0.39 is 10.0 Å². The zero-order chi connectivity index (χ0) is 19.6. The molecule has 2 heterocycles. The zero-order valence-corrected chi connectivity index (χ0v) is 16.4. The fraction of sp³-hybridized carbons (Fsp3) is 0.174. The summed E-state index contributed by atoms with van der Waals surface area (Å²) in [4.78, 5) is 4.67. The molecule has 1 fully saturated rings. The van der Waals surface area contributed by atoms with Crippen molar-refractivity contribution < 1.29 is 8.42 Å². The van der Waals surface area contributed by atoms with Crippen molar-refractivity contribution in [1.82, 2.24) is 14.3 Å². The third kappa shape index (κ3) is 2.30. The van der Waals surface area contributed by atoms with Crippen molar-refractivity contribution in [3.63, 3.8) is 0 Å². The molecule has 5 nitrogen and oxygen atoms in total. The van der Waals surface area contributed by atoms with Crippen LogP contribution in [0.25, 0.3) is 22.0 Å². The van der Waals surface area contributed by atoms with Gasteiger partial charge in [0.2, 0.25) is 10.0 Å². The molecule has 0 unspecified atom stereocenters. The topological polar surface area (TPSA) is 64.0 Å². The number of nitrogens with one attached hydrogen (secondary N) is 1. The van der Waals surface area contributed by atoms with Gasteiger partial charge in [-0.2, -0.15) is 0 Å². The molecule has 0 saturated heterocycles. The molecule has 0 radical (unpaired) electrons. The maximum absolute atomic E-state index is 13.2. The third-order valence-electron chi connectivity index (χ3n) is 6.33. The van der Waals surface area contributed by atoms with Crippen LogP contribution in [0.5, 0.6) is 0 Å². The van der Waals surface area contributed by atoms with Gasteiger partial charge in [-0.15, -0.1) is 0 Å². The molecule has 6 rings (SSSR count). The van der Waals surface area contributed by atoms with Crippen molar-refractivity contribution in [2.75, 3.05) is 0 Å². The number of benzene rings is 3. The summed E-state index contributed by atoms with van der Waals surface area (Å²) < 4.78 is 31.5. The van der Waals surface area contributed by atoms with E-state index in [-0.39, 0.29) is 11.6 Å². The fourth-order valence-electron chi connectivity index (χ4n) is 5.05. The highest BCUT2D eigenvalue weighted by atomic mass is 32.2. The SMILES string of the molecule is O=S(=O)(NC1CC2(C1)c1ccccc1-c1cncn12)c1cccc2ccccc12. The molecule has 1 aliphatic carbocycles. The van der Waals surface area contributed by atoms with E-state index in [1.807, 2.05) is 55.0 Å². The van der Waals surface area contributed by atoms with Crippen LogP contribution in [0.3, 0.4) is 0 Å². The predicted octanol–water partition coefficient (Wildman–Crippen LogP) is 3.90. The summed E-state index contributed by atoms with van der Waals surface area (Å²) in [6.45, 7) is 0. The van der Waals surface area contributed by atoms with Gasteiger partial charge in [0, 0.05) is 17.0 Å². The van der Waals surface area contributed by atoms with Gasteiger partial charge < -0.3 is 4.57 Å². The van der Waals surface area contributed by atoms with Crippen molar-refractivity contribution in [2.24, 2.45) is 0 Å². The molecule has 1 saturated carbocycles. The van der Waals surface area contributed by atoms with Crippen LogP contribution in [0.2, 0.25) is 0 Å². The Morgan fingerprint density at radius 3 is 2.62 bits per heavy atom. The summed E-state index contributed by atoms with van der Waals surface area (Å²) in [6, 6.07) is 21.2. The van der Waals surface area contributed by atoms with Crippen molar-refractivity contribution in [3.8, 4) is 11.3 Å². The molecular weight excluding hydrogens is 382 g/mol. The Balaban J connectivity index is 1.32. The molecule has 4 aromatic rings. The van der Waals surface area contributed by atoms with E-state index in [4.69, 9.17) is 0 Å². The van der Waals surface area contributed by atoms with Gasteiger partial charge in [0.05, 0.1) is 28.7 Å². The second-order valence-electron chi connectivity index (χ2n) is 7.93.